The molecule has 0 aliphatic heterocycles. The molecular weight excluding hydrogens is 250 g/mol. The quantitative estimate of drug-likeness (QED) is 0.862. The van der Waals surface area contributed by atoms with E-state index in [1.54, 1.807) is 7.11 Å². The zero-order valence-corrected chi connectivity index (χ0v) is 12.9. The summed E-state index contributed by atoms with van der Waals surface area (Å²) in [6, 6.07) is 7.96. The topological polar surface area (TPSA) is 41.5 Å². The Bertz CT molecular complexity index is 433. The smallest absolute Gasteiger partial charge is 0.141 e. The first-order chi connectivity index (χ1) is 9.63. The molecule has 1 aliphatic rings. The molecule has 2 unspecified atom stereocenters. The predicted molar refractivity (Wildman–Crippen MR) is 83.2 cm³/mol. The summed E-state index contributed by atoms with van der Waals surface area (Å²) < 4.78 is 5.43. The molecule has 0 heterocycles. The van der Waals surface area contributed by atoms with Gasteiger partial charge in [0.05, 0.1) is 24.9 Å². The van der Waals surface area contributed by atoms with E-state index in [0.717, 1.165) is 17.9 Å². The Morgan fingerprint density at radius 2 is 2.10 bits per heavy atom. The maximum atomic E-state index is 10.1. The highest BCUT2D eigenvalue weighted by Gasteiger charge is 2.42. The molecule has 1 aliphatic carbocycles. The maximum Gasteiger partial charge on any atom is 0.141 e. The third kappa shape index (κ3) is 2.93. The summed E-state index contributed by atoms with van der Waals surface area (Å²) in [5.41, 5.74) is 0.762. The third-order valence-electron chi connectivity index (χ3n) is 4.68. The van der Waals surface area contributed by atoms with Crippen molar-refractivity contribution in [3.8, 4) is 5.75 Å². The van der Waals surface area contributed by atoms with Crippen molar-refractivity contribution in [3.63, 3.8) is 0 Å². The van der Waals surface area contributed by atoms with Crippen molar-refractivity contribution in [3.05, 3.63) is 24.3 Å². The lowest BCUT2D eigenvalue weighted by atomic mass is 9.68. The van der Waals surface area contributed by atoms with Crippen LogP contribution in [0, 0.1) is 11.8 Å². The fourth-order valence-corrected chi connectivity index (χ4v) is 3.64. The summed E-state index contributed by atoms with van der Waals surface area (Å²) >= 11 is 0. The minimum absolute atomic E-state index is 0.174. The Morgan fingerprint density at radius 1 is 1.35 bits per heavy atom. The molecule has 2 N–H and O–H groups in total. The van der Waals surface area contributed by atoms with Crippen molar-refractivity contribution >= 4 is 5.69 Å². The Kier molecular flexibility index (Phi) is 4.92. The van der Waals surface area contributed by atoms with Gasteiger partial charge in [-0.2, -0.15) is 0 Å². The van der Waals surface area contributed by atoms with Gasteiger partial charge in [0.25, 0.3) is 0 Å². The monoisotopic (exact) mass is 277 g/mol. The predicted octanol–water partition coefficient (Wildman–Crippen LogP) is 3.68. The number of anilines is 1. The van der Waals surface area contributed by atoms with Crippen LogP contribution >= 0.6 is 0 Å². The summed E-state index contributed by atoms with van der Waals surface area (Å²) in [6.45, 7) is 4.68. The normalized spacial score (nSPS) is 26.6. The molecular formula is C17H27NO2. The maximum absolute atomic E-state index is 10.1. The number of aliphatic hydroxyl groups excluding tert-OH is 1. The average molecular weight is 277 g/mol. The van der Waals surface area contributed by atoms with E-state index in [4.69, 9.17) is 4.74 Å². The van der Waals surface area contributed by atoms with E-state index in [2.05, 4.69) is 19.2 Å². The Hall–Kier alpha value is -1.22. The van der Waals surface area contributed by atoms with Crippen LogP contribution in [-0.2, 0) is 0 Å². The lowest BCUT2D eigenvalue weighted by Crippen LogP contribution is -2.52. The second-order valence-electron chi connectivity index (χ2n) is 6.24. The van der Waals surface area contributed by atoms with Gasteiger partial charge in [0.2, 0.25) is 0 Å². The summed E-state index contributed by atoms with van der Waals surface area (Å²) in [5.74, 6) is 1.89. The second kappa shape index (κ2) is 6.49. The molecule has 3 nitrogen and oxygen atoms in total. The van der Waals surface area contributed by atoms with Crippen LogP contribution in [0.1, 0.15) is 39.5 Å². The van der Waals surface area contributed by atoms with Gasteiger partial charge in [-0.25, -0.2) is 0 Å². The highest BCUT2D eigenvalue weighted by Crippen LogP contribution is 2.41. The van der Waals surface area contributed by atoms with Gasteiger partial charge in [0.15, 0.2) is 0 Å². The molecule has 1 aromatic carbocycles. The zero-order chi connectivity index (χ0) is 14.6. The highest BCUT2D eigenvalue weighted by molar-refractivity contribution is 5.58. The molecule has 20 heavy (non-hydrogen) atoms. The van der Waals surface area contributed by atoms with E-state index in [-0.39, 0.29) is 12.1 Å². The number of methoxy groups -OCH3 is 1. The van der Waals surface area contributed by atoms with Gasteiger partial charge in [-0.05, 0) is 36.8 Å². The number of ether oxygens (including phenoxy) is 1. The van der Waals surface area contributed by atoms with Crippen molar-refractivity contribution in [2.45, 2.75) is 45.1 Å². The molecule has 1 aromatic rings. The number of para-hydroxylation sites is 2. The van der Waals surface area contributed by atoms with Crippen molar-refractivity contribution in [2.75, 3.05) is 19.0 Å². The number of hydrogen-bond donors (Lipinski definition) is 2. The largest absolute Gasteiger partial charge is 0.495 e. The molecule has 1 fully saturated rings. The molecule has 0 spiro atoms. The molecule has 2 rings (SSSR count). The summed E-state index contributed by atoms with van der Waals surface area (Å²) in [7, 11) is 1.69. The van der Waals surface area contributed by atoms with E-state index in [1.807, 2.05) is 24.3 Å². The van der Waals surface area contributed by atoms with Gasteiger partial charge in [0, 0.05) is 0 Å². The van der Waals surface area contributed by atoms with Gasteiger partial charge in [-0.3, -0.25) is 0 Å². The zero-order valence-electron chi connectivity index (χ0n) is 12.9. The van der Waals surface area contributed by atoms with Crippen LogP contribution in [0.3, 0.4) is 0 Å². The molecule has 0 amide bonds. The highest BCUT2D eigenvalue weighted by atomic mass is 16.5. The van der Waals surface area contributed by atoms with Crippen LogP contribution < -0.4 is 10.1 Å². The molecule has 0 radical (unpaired) electrons. The summed E-state index contributed by atoms with van der Waals surface area (Å²) in [6.07, 6.45) is 4.63. The Labute approximate surface area is 122 Å². The van der Waals surface area contributed by atoms with Gasteiger partial charge in [0.1, 0.15) is 5.75 Å². The number of aliphatic hydroxyl groups is 1. The van der Waals surface area contributed by atoms with Crippen LogP contribution in [0.15, 0.2) is 24.3 Å². The van der Waals surface area contributed by atoms with Crippen LogP contribution in [-0.4, -0.2) is 24.4 Å². The molecule has 3 heteroatoms. The summed E-state index contributed by atoms with van der Waals surface area (Å²) in [4.78, 5) is 0. The van der Waals surface area contributed by atoms with Crippen molar-refractivity contribution in [1.29, 1.82) is 0 Å². The molecule has 0 saturated heterocycles. The fourth-order valence-electron chi connectivity index (χ4n) is 3.64. The Morgan fingerprint density at radius 3 is 2.75 bits per heavy atom. The molecule has 112 valence electrons. The van der Waals surface area contributed by atoms with E-state index in [0.29, 0.717) is 11.8 Å². The first kappa shape index (κ1) is 15.2. The van der Waals surface area contributed by atoms with Crippen molar-refractivity contribution in [1.82, 2.24) is 0 Å². The van der Waals surface area contributed by atoms with Crippen molar-refractivity contribution < 1.29 is 9.84 Å². The average Bonchev–Trinajstić information content (AvgIpc) is 2.48. The van der Waals surface area contributed by atoms with Crippen LogP contribution in [0.5, 0.6) is 5.75 Å². The standard InChI is InChI=1S/C17H27NO2/c1-13(2)14-8-6-7-11-17(14,12-19)18-15-9-4-5-10-16(15)20-3/h4-5,9-10,13-14,18-19H,6-8,11-12H2,1-3H3. The van der Waals surface area contributed by atoms with Gasteiger partial charge >= 0.3 is 0 Å². The first-order valence-corrected chi connectivity index (χ1v) is 7.65. The minimum Gasteiger partial charge on any atom is -0.495 e. The van der Waals surface area contributed by atoms with Crippen LogP contribution in [0.2, 0.25) is 0 Å². The fraction of sp³-hybridized carbons (Fsp3) is 0.647. The van der Waals surface area contributed by atoms with Crippen molar-refractivity contribution in [2.24, 2.45) is 11.8 Å². The van der Waals surface area contributed by atoms with Gasteiger partial charge in [-0.15, -0.1) is 0 Å². The number of hydrogen-bond acceptors (Lipinski definition) is 3. The molecule has 0 aromatic heterocycles. The minimum atomic E-state index is -0.221. The molecule has 0 bridgehead atoms. The van der Waals surface area contributed by atoms with Gasteiger partial charge in [-0.1, -0.05) is 38.8 Å². The third-order valence-corrected chi connectivity index (χ3v) is 4.68. The Balaban J connectivity index is 2.29. The molecule has 1 saturated carbocycles. The van der Waals surface area contributed by atoms with E-state index in [1.165, 1.54) is 19.3 Å². The number of benzene rings is 1. The summed E-state index contributed by atoms with van der Waals surface area (Å²) in [5, 5.41) is 13.7. The number of nitrogens with one attached hydrogen (secondary N) is 1. The second-order valence-corrected chi connectivity index (χ2v) is 6.24. The lowest BCUT2D eigenvalue weighted by Gasteiger charge is -2.46. The SMILES string of the molecule is COc1ccccc1NC1(CO)CCCCC1C(C)C. The van der Waals surface area contributed by atoms with E-state index >= 15 is 0 Å². The van der Waals surface area contributed by atoms with Gasteiger partial charge < -0.3 is 15.2 Å². The van der Waals surface area contributed by atoms with Crippen LogP contribution in [0.4, 0.5) is 5.69 Å². The van der Waals surface area contributed by atoms with E-state index < -0.39 is 0 Å². The first-order valence-electron chi connectivity index (χ1n) is 7.65. The lowest BCUT2D eigenvalue weighted by molar-refractivity contribution is 0.0896. The van der Waals surface area contributed by atoms with E-state index in [9.17, 15) is 5.11 Å². The van der Waals surface area contributed by atoms with Crippen LogP contribution in [0.25, 0.3) is 0 Å². The number of rotatable bonds is 5. The molecule has 2 atom stereocenters.